The van der Waals surface area contributed by atoms with Crippen LogP contribution < -0.4 is 5.32 Å². The Balaban J connectivity index is 1.50. The molecule has 0 saturated carbocycles. The molecule has 1 aliphatic rings. The molecular weight excluding hydrogens is 300 g/mol. The molecule has 5 nitrogen and oxygen atoms in total. The monoisotopic (exact) mass is 326 g/mol. The van der Waals surface area contributed by atoms with Gasteiger partial charge >= 0.3 is 0 Å². The predicted octanol–water partition coefficient (Wildman–Crippen LogP) is 2.61. The standard InChI is InChI=1S/C19H26N4O/c1-2-10-20-19(24)17-8-11-22(12-9-17)14-16-13-21-23(15-16)18-6-4-3-5-7-18/h3-7,13,15,17H,2,8-12,14H2,1H3,(H,20,24). The van der Waals surface area contributed by atoms with Gasteiger partial charge < -0.3 is 5.32 Å². The fourth-order valence-corrected chi connectivity index (χ4v) is 3.17. The predicted molar refractivity (Wildman–Crippen MR) is 94.9 cm³/mol. The first-order valence-corrected chi connectivity index (χ1v) is 8.85. The van der Waals surface area contributed by atoms with Crippen LogP contribution in [0.4, 0.5) is 0 Å². The molecular formula is C19H26N4O. The lowest BCUT2D eigenvalue weighted by Crippen LogP contribution is -2.40. The largest absolute Gasteiger partial charge is 0.356 e. The van der Waals surface area contributed by atoms with E-state index >= 15 is 0 Å². The summed E-state index contributed by atoms with van der Waals surface area (Å²) in [6.45, 7) is 5.72. The molecule has 0 radical (unpaired) electrons. The summed E-state index contributed by atoms with van der Waals surface area (Å²) in [7, 11) is 0. The number of nitrogens with zero attached hydrogens (tertiary/aromatic N) is 3. The van der Waals surface area contributed by atoms with E-state index in [1.165, 1.54) is 5.56 Å². The lowest BCUT2D eigenvalue weighted by molar-refractivity contribution is -0.126. The van der Waals surface area contributed by atoms with Crippen LogP contribution in [0.5, 0.6) is 0 Å². The Morgan fingerprint density at radius 2 is 2.00 bits per heavy atom. The van der Waals surface area contributed by atoms with E-state index in [4.69, 9.17) is 0 Å². The minimum atomic E-state index is 0.180. The number of amides is 1. The van der Waals surface area contributed by atoms with Crippen molar-refractivity contribution in [3.05, 3.63) is 48.3 Å². The molecule has 0 bridgehead atoms. The summed E-state index contributed by atoms with van der Waals surface area (Å²) in [5.41, 5.74) is 2.29. The molecule has 1 aliphatic heterocycles. The van der Waals surface area contributed by atoms with Gasteiger partial charge in [0.1, 0.15) is 0 Å². The number of rotatable bonds is 6. The number of aromatic nitrogens is 2. The van der Waals surface area contributed by atoms with Gasteiger partial charge in [-0.3, -0.25) is 9.69 Å². The van der Waals surface area contributed by atoms with Gasteiger partial charge in [0.25, 0.3) is 0 Å². The lowest BCUT2D eigenvalue weighted by atomic mass is 9.95. The molecule has 0 atom stereocenters. The van der Waals surface area contributed by atoms with Crippen molar-refractivity contribution in [3.63, 3.8) is 0 Å². The van der Waals surface area contributed by atoms with E-state index in [2.05, 4.69) is 40.6 Å². The first-order valence-electron chi connectivity index (χ1n) is 8.85. The average Bonchev–Trinajstić information content (AvgIpc) is 3.09. The topological polar surface area (TPSA) is 50.2 Å². The molecule has 2 heterocycles. The molecule has 0 unspecified atom stereocenters. The van der Waals surface area contributed by atoms with Crippen molar-refractivity contribution in [2.24, 2.45) is 5.92 Å². The van der Waals surface area contributed by atoms with Gasteiger partial charge in [0.2, 0.25) is 5.91 Å². The van der Waals surface area contributed by atoms with Crippen LogP contribution in [0.3, 0.4) is 0 Å². The Kier molecular flexibility index (Phi) is 5.64. The fraction of sp³-hybridized carbons (Fsp3) is 0.474. The van der Waals surface area contributed by atoms with Crippen LogP contribution in [0, 0.1) is 5.92 Å². The Bertz CT molecular complexity index is 644. The number of benzene rings is 1. The van der Waals surface area contributed by atoms with Crippen LogP contribution in [0.1, 0.15) is 31.7 Å². The number of para-hydroxylation sites is 1. The quantitative estimate of drug-likeness (QED) is 0.888. The maximum absolute atomic E-state index is 12.0. The van der Waals surface area contributed by atoms with Crippen LogP contribution in [0.2, 0.25) is 0 Å². The van der Waals surface area contributed by atoms with Crippen LogP contribution in [0.25, 0.3) is 5.69 Å². The minimum absolute atomic E-state index is 0.180. The number of likely N-dealkylation sites (tertiary alicyclic amines) is 1. The molecule has 1 aromatic carbocycles. The molecule has 2 aromatic rings. The smallest absolute Gasteiger partial charge is 0.223 e. The van der Waals surface area contributed by atoms with E-state index in [0.717, 1.165) is 51.1 Å². The van der Waals surface area contributed by atoms with Crippen molar-refractivity contribution in [2.75, 3.05) is 19.6 Å². The van der Waals surface area contributed by atoms with Crippen LogP contribution in [-0.2, 0) is 11.3 Å². The zero-order valence-corrected chi connectivity index (χ0v) is 14.3. The summed E-state index contributed by atoms with van der Waals surface area (Å²) < 4.78 is 1.92. The summed E-state index contributed by atoms with van der Waals surface area (Å²) in [4.78, 5) is 14.5. The summed E-state index contributed by atoms with van der Waals surface area (Å²) in [5.74, 6) is 0.410. The molecule has 1 amide bonds. The van der Waals surface area contributed by atoms with E-state index in [1.807, 2.05) is 29.1 Å². The highest BCUT2D eigenvalue weighted by Gasteiger charge is 2.24. The van der Waals surface area contributed by atoms with Crippen molar-refractivity contribution in [2.45, 2.75) is 32.7 Å². The Morgan fingerprint density at radius 3 is 2.71 bits per heavy atom. The number of carbonyl (C=O) groups is 1. The maximum Gasteiger partial charge on any atom is 0.223 e. The summed E-state index contributed by atoms with van der Waals surface area (Å²) in [5, 5.41) is 7.47. The van der Waals surface area contributed by atoms with Crippen LogP contribution in [0.15, 0.2) is 42.7 Å². The second kappa shape index (κ2) is 8.11. The van der Waals surface area contributed by atoms with Crippen molar-refractivity contribution >= 4 is 5.91 Å². The summed E-state index contributed by atoms with van der Waals surface area (Å²) in [6.07, 6.45) is 6.92. The number of piperidine rings is 1. The Labute approximate surface area is 143 Å². The summed E-state index contributed by atoms with van der Waals surface area (Å²) in [6, 6.07) is 10.2. The highest BCUT2D eigenvalue weighted by atomic mass is 16.1. The number of hydrogen-bond donors (Lipinski definition) is 1. The van der Waals surface area contributed by atoms with Gasteiger partial charge in [-0.05, 0) is 44.5 Å². The molecule has 24 heavy (non-hydrogen) atoms. The van der Waals surface area contributed by atoms with Crippen LogP contribution in [-0.4, -0.2) is 40.2 Å². The van der Waals surface area contributed by atoms with Crippen molar-refractivity contribution in [3.8, 4) is 5.69 Å². The second-order valence-corrected chi connectivity index (χ2v) is 6.47. The molecule has 1 fully saturated rings. The highest BCUT2D eigenvalue weighted by Crippen LogP contribution is 2.19. The second-order valence-electron chi connectivity index (χ2n) is 6.47. The third-order valence-corrected chi connectivity index (χ3v) is 4.57. The van der Waals surface area contributed by atoms with Crippen LogP contribution >= 0.6 is 0 Å². The molecule has 1 N–H and O–H groups in total. The van der Waals surface area contributed by atoms with Crippen molar-refractivity contribution < 1.29 is 4.79 Å². The van der Waals surface area contributed by atoms with Gasteiger partial charge in [0.05, 0.1) is 11.9 Å². The minimum Gasteiger partial charge on any atom is -0.356 e. The van der Waals surface area contributed by atoms with E-state index in [1.54, 1.807) is 0 Å². The van der Waals surface area contributed by atoms with Gasteiger partial charge in [-0.2, -0.15) is 5.10 Å². The fourth-order valence-electron chi connectivity index (χ4n) is 3.17. The third kappa shape index (κ3) is 4.23. The lowest BCUT2D eigenvalue weighted by Gasteiger charge is -2.30. The first-order chi connectivity index (χ1) is 11.8. The zero-order chi connectivity index (χ0) is 16.8. The SMILES string of the molecule is CCCNC(=O)C1CCN(Cc2cnn(-c3ccccc3)c2)CC1. The molecule has 128 valence electrons. The van der Waals surface area contributed by atoms with E-state index in [-0.39, 0.29) is 11.8 Å². The van der Waals surface area contributed by atoms with E-state index in [9.17, 15) is 4.79 Å². The average molecular weight is 326 g/mol. The Hall–Kier alpha value is -2.14. The molecule has 3 rings (SSSR count). The number of carbonyl (C=O) groups excluding carboxylic acids is 1. The summed E-state index contributed by atoms with van der Waals surface area (Å²) >= 11 is 0. The van der Waals surface area contributed by atoms with E-state index in [0.29, 0.717) is 0 Å². The first kappa shape index (κ1) is 16.7. The normalized spacial score (nSPS) is 16.2. The van der Waals surface area contributed by atoms with E-state index < -0.39 is 0 Å². The Morgan fingerprint density at radius 1 is 1.25 bits per heavy atom. The molecule has 1 aromatic heterocycles. The van der Waals surface area contributed by atoms with Gasteiger partial charge in [-0.25, -0.2) is 4.68 Å². The maximum atomic E-state index is 12.0. The zero-order valence-electron chi connectivity index (χ0n) is 14.3. The number of nitrogens with one attached hydrogen (secondary N) is 1. The molecule has 5 heteroatoms. The molecule has 1 saturated heterocycles. The van der Waals surface area contributed by atoms with Gasteiger partial charge in [0.15, 0.2) is 0 Å². The van der Waals surface area contributed by atoms with Crippen molar-refractivity contribution in [1.29, 1.82) is 0 Å². The third-order valence-electron chi connectivity index (χ3n) is 4.57. The molecule has 0 spiro atoms. The molecule has 0 aliphatic carbocycles. The number of hydrogen-bond acceptors (Lipinski definition) is 3. The van der Waals surface area contributed by atoms with Crippen molar-refractivity contribution in [1.82, 2.24) is 20.0 Å². The van der Waals surface area contributed by atoms with Gasteiger partial charge in [-0.15, -0.1) is 0 Å². The van der Waals surface area contributed by atoms with Gasteiger partial charge in [0, 0.05) is 30.8 Å². The highest BCUT2D eigenvalue weighted by molar-refractivity contribution is 5.78. The van der Waals surface area contributed by atoms with Gasteiger partial charge in [-0.1, -0.05) is 25.1 Å².